The van der Waals surface area contributed by atoms with Gasteiger partial charge in [-0.2, -0.15) is 5.10 Å². The van der Waals surface area contributed by atoms with Gasteiger partial charge in [-0.25, -0.2) is 0 Å². The zero-order valence-electron chi connectivity index (χ0n) is 9.99. The van der Waals surface area contributed by atoms with E-state index in [0.717, 1.165) is 31.6 Å². The minimum absolute atomic E-state index is 0.869. The molecule has 2 rings (SSSR count). The van der Waals surface area contributed by atoms with Crippen LogP contribution in [0.15, 0.2) is 17.6 Å². The van der Waals surface area contributed by atoms with E-state index >= 15 is 0 Å². The molecule has 5 heteroatoms. The van der Waals surface area contributed by atoms with Gasteiger partial charge in [0.1, 0.15) is 0 Å². The lowest BCUT2D eigenvalue weighted by Gasteiger charge is -2.03. The van der Waals surface area contributed by atoms with Gasteiger partial charge in [0, 0.05) is 22.8 Å². The van der Waals surface area contributed by atoms with Crippen LogP contribution < -0.4 is 11.1 Å². The Balaban J connectivity index is 1.64. The maximum Gasteiger partial charge on any atom is 0.0522 e. The van der Waals surface area contributed by atoms with Gasteiger partial charge in [-0.3, -0.25) is 5.10 Å². The number of hydrogen-bond donors (Lipinski definition) is 3. The second-order valence-electron chi connectivity index (χ2n) is 4.10. The normalized spacial score (nSPS) is 10.9. The van der Waals surface area contributed by atoms with E-state index in [-0.39, 0.29) is 0 Å². The molecule has 0 bridgehead atoms. The molecule has 0 aliphatic carbocycles. The van der Waals surface area contributed by atoms with Crippen LogP contribution >= 0.6 is 11.3 Å². The molecule has 0 spiro atoms. The van der Waals surface area contributed by atoms with Crippen molar-refractivity contribution in [2.24, 2.45) is 0 Å². The Kier molecular flexibility index (Phi) is 4.17. The van der Waals surface area contributed by atoms with E-state index in [9.17, 15) is 0 Å². The second-order valence-corrected chi connectivity index (χ2v) is 5.10. The van der Waals surface area contributed by atoms with Crippen LogP contribution in [0.3, 0.4) is 0 Å². The molecule has 4 N–H and O–H groups in total. The zero-order chi connectivity index (χ0) is 12.1. The standard InChI is InChI=1S/C12H18N4S/c1-9-10(7-15-16-9)3-2-5-14-8-12-11(13)4-6-17-12/h4,6-7,14H,2-3,5,8,13H2,1H3,(H,15,16). The van der Waals surface area contributed by atoms with Crippen LogP contribution in [0.1, 0.15) is 22.6 Å². The number of aromatic nitrogens is 2. The molecule has 0 aliphatic heterocycles. The molecule has 0 amide bonds. The molecule has 0 saturated carbocycles. The highest BCUT2D eigenvalue weighted by Crippen LogP contribution is 2.18. The second kappa shape index (κ2) is 5.84. The fraction of sp³-hybridized carbons (Fsp3) is 0.417. The van der Waals surface area contributed by atoms with Crippen molar-refractivity contribution < 1.29 is 0 Å². The fourth-order valence-electron chi connectivity index (χ4n) is 1.73. The van der Waals surface area contributed by atoms with Gasteiger partial charge >= 0.3 is 0 Å². The molecule has 92 valence electrons. The maximum atomic E-state index is 5.81. The van der Waals surface area contributed by atoms with E-state index in [2.05, 4.69) is 22.4 Å². The number of hydrogen-bond acceptors (Lipinski definition) is 4. The number of nitrogens with zero attached hydrogens (tertiary/aromatic N) is 1. The number of aromatic amines is 1. The van der Waals surface area contributed by atoms with Crippen LogP contribution in [0.25, 0.3) is 0 Å². The Hall–Kier alpha value is -1.33. The third-order valence-corrected chi connectivity index (χ3v) is 3.74. The molecule has 0 fully saturated rings. The Morgan fingerprint density at radius 1 is 1.53 bits per heavy atom. The smallest absolute Gasteiger partial charge is 0.0522 e. The van der Waals surface area contributed by atoms with Crippen LogP contribution in [0.5, 0.6) is 0 Å². The molecule has 2 aromatic rings. The van der Waals surface area contributed by atoms with E-state index in [1.165, 1.54) is 16.1 Å². The first kappa shape index (κ1) is 12.1. The quantitative estimate of drug-likeness (QED) is 0.688. The summed E-state index contributed by atoms with van der Waals surface area (Å²) in [4.78, 5) is 1.23. The number of nitrogens with two attached hydrogens (primary N) is 1. The van der Waals surface area contributed by atoms with Crippen LogP contribution in [-0.2, 0) is 13.0 Å². The minimum atomic E-state index is 0.869. The number of aryl methyl sites for hydroxylation is 2. The fourth-order valence-corrected chi connectivity index (χ4v) is 2.50. The summed E-state index contributed by atoms with van der Waals surface area (Å²) in [6.07, 6.45) is 4.09. The molecule has 17 heavy (non-hydrogen) atoms. The Bertz CT molecular complexity index is 418. The lowest BCUT2D eigenvalue weighted by atomic mass is 10.1. The minimum Gasteiger partial charge on any atom is -0.398 e. The van der Waals surface area contributed by atoms with E-state index in [1.54, 1.807) is 11.3 Å². The first-order valence-corrected chi connectivity index (χ1v) is 6.66. The lowest BCUT2D eigenvalue weighted by Crippen LogP contribution is -2.15. The van der Waals surface area contributed by atoms with E-state index in [1.807, 2.05) is 17.6 Å². The van der Waals surface area contributed by atoms with Gasteiger partial charge in [0.05, 0.1) is 6.20 Å². The van der Waals surface area contributed by atoms with Crippen molar-refractivity contribution in [3.8, 4) is 0 Å². The van der Waals surface area contributed by atoms with E-state index in [0.29, 0.717) is 0 Å². The molecule has 0 atom stereocenters. The number of H-pyrrole nitrogens is 1. The number of anilines is 1. The summed E-state index contributed by atoms with van der Waals surface area (Å²) in [6.45, 7) is 3.93. The highest BCUT2D eigenvalue weighted by molar-refractivity contribution is 7.10. The van der Waals surface area contributed by atoms with Crippen molar-refractivity contribution >= 4 is 17.0 Å². The lowest BCUT2D eigenvalue weighted by molar-refractivity contribution is 0.654. The number of rotatable bonds is 6. The summed E-state index contributed by atoms with van der Waals surface area (Å²) in [5.41, 5.74) is 9.19. The van der Waals surface area contributed by atoms with E-state index in [4.69, 9.17) is 5.73 Å². The predicted molar refractivity (Wildman–Crippen MR) is 72.1 cm³/mol. The first-order chi connectivity index (χ1) is 8.27. The zero-order valence-corrected chi connectivity index (χ0v) is 10.8. The molecule has 2 aromatic heterocycles. The van der Waals surface area contributed by atoms with Crippen molar-refractivity contribution in [3.63, 3.8) is 0 Å². The average Bonchev–Trinajstić information content (AvgIpc) is 2.89. The highest BCUT2D eigenvalue weighted by atomic mass is 32.1. The number of nitrogens with one attached hydrogen (secondary N) is 2. The van der Waals surface area contributed by atoms with Crippen LogP contribution in [-0.4, -0.2) is 16.7 Å². The third kappa shape index (κ3) is 3.31. The SMILES string of the molecule is Cc1[nH]ncc1CCCNCc1sccc1N. The maximum absolute atomic E-state index is 5.81. The number of thiophene rings is 1. The molecule has 0 aromatic carbocycles. The van der Waals surface area contributed by atoms with Crippen LogP contribution in [0, 0.1) is 6.92 Å². The van der Waals surface area contributed by atoms with Crippen molar-refractivity contribution in [1.82, 2.24) is 15.5 Å². The topological polar surface area (TPSA) is 66.7 Å². The molecule has 0 aliphatic rings. The Morgan fingerprint density at radius 3 is 3.06 bits per heavy atom. The summed E-state index contributed by atoms with van der Waals surface area (Å²) in [5.74, 6) is 0. The van der Waals surface area contributed by atoms with Crippen LogP contribution in [0.2, 0.25) is 0 Å². The van der Waals surface area contributed by atoms with Gasteiger partial charge in [-0.05, 0) is 43.3 Å². The van der Waals surface area contributed by atoms with Gasteiger partial charge in [0.2, 0.25) is 0 Å². The molecule has 4 nitrogen and oxygen atoms in total. The Labute approximate surface area is 105 Å². The summed E-state index contributed by atoms with van der Waals surface area (Å²) in [7, 11) is 0. The summed E-state index contributed by atoms with van der Waals surface area (Å²) >= 11 is 1.71. The van der Waals surface area contributed by atoms with Gasteiger partial charge in [-0.1, -0.05) is 0 Å². The van der Waals surface area contributed by atoms with E-state index < -0.39 is 0 Å². The molecule has 0 unspecified atom stereocenters. The van der Waals surface area contributed by atoms with Gasteiger partial charge in [-0.15, -0.1) is 11.3 Å². The number of nitrogen functional groups attached to an aromatic ring is 1. The van der Waals surface area contributed by atoms with Gasteiger partial charge in [0.15, 0.2) is 0 Å². The summed E-state index contributed by atoms with van der Waals surface area (Å²) in [6, 6.07) is 1.95. The third-order valence-electron chi connectivity index (χ3n) is 2.80. The highest BCUT2D eigenvalue weighted by Gasteiger charge is 2.01. The summed E-state index contributed by atoms with van der Waals surface area (Å²) < 4.78 is 0. The monoisotopic (exact) mass is 250 g/mol. The molecular formula is C12H18N4S. The average molecular weight is 250 g/mol. The predicted octanol–water partition coefficient (Wildman–Crippen LogP) is 2.08. The molecule has 0 saturated heterocycles. The van der Waals surface area contributed by atoms with Crippen molar-refractivity contribution in [1.29, 1.82) is 0 Å². The Morgan fingerprint density at radius 2 is 2.41 bits per heavy atom. The molecular weight excluding hydrogens is 232 g/mol. The summed E-state index contributed by atoms with van der Waals surface area (Å²) in [5, 5.41) is 12.4. The first-order valence-electron chi connectivity index (χ1n) is 5.79. The van der Waals surface area contributed by atoms with Crippen molar-refractivity contribution in [2.75, 3.05) is 12.3 Å². The van der Waals surface area contributed by atoms with Crippen LogP contribution in [0.4, 0.5) is 5.69 Å². The van der Waals surface area contributed by atoms with Crippen molar-refractivity contribution in [3.05, 3.63) is 33.8 Å². The largest absolute Gasteiger partial charge is 0.398 e. The van der Waals surface area contributed by atoms with Crippen molar-refractivity contribution in [2.45, 2.75) is 26.3 Å². The van der Waals surface area contributed by atoms with Gasteiger partial charge < -0.3 is 11.1 Å². The molecule has 2 heterocycles. The molecule has 0 radical (unpaired) electrons. The van der Waals surface area contributed by atoms with Gasteiger partial charge in [0.25, 0.3) is 0 Å².